The van der Waals surface area contributed by atoms with Gasteiger partial charge in [0.25, 0.3) is 0 Å². The molecule has 2 aromatic carbocycles. The molecule has 0 atom stereocenters. The average molecular weight is 451 g/mol. The van der Waals surface area contributed by atoms with Gasteiger partial charge in [-0.1, -0.05) is 22.0 Å². The topological polar surface area (TPSA) is 83.6 Å². The predicted octanol–water partition coefficient (Wildman–Crippen LogP) is 2.32. The lowest BCUT2D eigenvalue weighted by Gasteiger charge is -2.13. The minimum atomic E-state index is -3.97. The summed E-state index contributed by atoms with van der Waals surface area (Å²) in [6.07, 6.45) is 0. The van der Waals surface area contributed by atoms with Gasteiger partial charge in [-0.2, -0.15) is 0 Å². The fourth-order valence-corrected chi connectivity index (χ4v) is 4.41. The summed E-state index contributed by atoms with van der Waals surface area (Å²) in [6.45, 7) is -0.147. The predicted molar refractivity (Wildman–Crippen MR) is 95.4 cm³/mol. The molecule has 0 saturated heterocycles. The van der Waals surface area contributed by atoms with Gasteiger partial charge < -0.3 is 0 Å². The minimum Gasteiger partial charge on any atom is -0.207 e. The van der Waals surface area contributed by atoms with Crippen molar-refractivity contribution >= 4 is 36.0 Å². The van der Waals surface area contributed by atoms with E-state index in [4.69, 9.17) is 0 Å². The molecule has 10 heteroatoms. The molecule has 0 bridgehead atoms. The zero-order valence-electron chi connectivity index (χ0n) is 13.4. The molecular formula is C15H16BrFN2O4S2. The lowest BCUT2D eigenvalue weighted by Crippen LogP contribution is -2.25. The molecule has 0 radical (unpaired) electrons. The summed E-state index contributed by atoms with van der Waals surface area (Å²) in [4.78, 5) is -0.324. The van der Waals surface area contributed by atoms with Crippen molar-refractivity contribution in [1.82, 2.24) is 9.03 Å². The van der Waals surface area contributed by atoms with Crippen LogP contribution in [0.3, 0.4) is 0 Å². The minimum absolute atomic E-state index is 0.132. The summed E-state index contributed by atoms with van der Waals surface area (Å²) in [5, 5.41) is 0. The molecule has 0 aromatic heterocycles. The number of benzene rings is 2. The van der Waals surface area contributed by atoms with Gasteiger partial charge >= 0.3 is 0 Å². The van der Waals surface area contributed by atoms with E-state index in [0.717, 1.165) is 10.4 Å². The first-order chi connectivity index (χ1) is 11.5. The van der Waals surface area contributed by atoms with Gasteiger partial charge in [0.05, 0.1) is 9.79 Å². The molecule has 25 heavy (non-hydrogen) atoms. The summed E-state index contributed by atoms with van der Waals surface area (Å²) >= 11 is 3.22. The van der Waals surface area contributed by atoms with Crippen molar-refractivity contribution in [2.45, 2.75) is 16.3 Å². The molecule has 2 rings (SSSR count). The SMILES string of the molecule is CN(C)S(=O)(=O)c1cccc(S(=O)(=O)NCc2cc(F)ccc2Br)c1. The Balaban J connectivity index is 2.30. The zero-order chi connectivity index (χ0) is 18.8. The Hall–Kier alpha value is -1.33. The maximum atomic E-state index is 13.3. The van der Waals surface area contributed by atoms with Crippen LogP contribution in [-0.4, -0.2) is 35.2 Å². The molecule has 1 N–H and O–H groups in total. The highest BCUT2D eigenvalue weighted by Gasteiger charge is 2.21. The zero-order valence-corrected chi connectivity index (χ0v) is 16.6. The van der Waals surface area contributed by atoms with Gasteiger partial charge in [-0.3, -0.25) is 0 Å². The number of rotatable bonds is 6. The maximum absolute atomic E-state index is 13.3. The third kappa shape index (κ3) is 4.64. The number of halogens is 2. The molecule has 0 aliphatic rings. The Labute approximate surface area is 154 Å². The lowest BCUT2D eigenvalue weighted by atomic mass is 10.2. The van der Waals surface area contributed by atoms with Crippen molar-refractivity contribution in [3.05, 3.63) is 58.3 Å². The van der Waals surface area contributed by atoms with Gasteiger partial charge in [-0.15, -0.1) is 0 Å². The first-order valence-electron chi connectivity index (χ1n) is 7.00. The monoisotopic (exact) mass is 450 g/mol. The van der Waals surface area contributed by atoms with E-state index in [1.54, 1.807) is 0 Å². The smallest absolute Gasteiger partial charge is 0.207 e. The molecule has 0 heterocycles. The third-order valence-electron chi connectivity index (χ3n) is 3.35. The van der Waals surface area contributed by atoms with Crippen molar-refractivity contribution in [1.29, 1.82) is 0 Å². The van der Waals surface area contributed by atoms with Crippen molar-refractivity contribution < 1.29 is 21.2 Å². The normalized spacial score (nSPS) is 12.5. The number of hydrogen-bond donors (Lipinski definition) is 1. The molecule has 136 valence electrons. The molecule has 2 aromatic rings. The van der Waals surface area contributed by atoms with Crippen LogP contribution in [0.1, 0.15) is 5.56 Å². The molecule has 0 amide bonds. The quantitative estimate of drug-likeness (QED) is 0.731. The van der Waals surface area contributed by atoms with Crippen LogP contribution >= 0.6 is 15.9 Å². The molecule has 0 aliphatic carbocycles. The molecule has 0 spiro atoms. The van der Waals surface area contributed by atoms with E-state index in [1.807, 2.05) is 0 Å². The summed E-state index contributed by atoms with van der Waals surface area (Å²) in [6, 6.07) is 8.97. The van der Waals surface area contributed by atoms with Crippen molar-refractivity contribution in [2.75, 3.05) is 14.1 Å². The van der Waals surface area contributed by atoms with E-state index < -0.39 is 25.9 Å². The van der Waals surface area contributed by atoms with Crippen LogP contribution in [0.5, 0.6) is 0 Å². The van der Waals surface area contributed by atoms with Crippen molar-refractivity contribution in [3.8, 4) is 0 Å². The van der Waals surface area contributed by atoms with Gasteiger partial charge in [-0.05, 0) is 42.0 Å². The van der Waals surface area contributed by atoms with Crippen molar-refractivity contribution in [3.63, 3.8) is 0 Å². The third-order valence-corrected chi connectivity index (χ3v) is 7.34. The second kappa shape index (κ2) is 7.50. The number of sulfonamides is 2. The van der Waals surface area contributed by atoms with Crippen LogP contribution in [0, 0.1) is 5.82 Å². The summed E-state index contributed by atoms with van der Waals surface area (Å²) in [7, 11) is -5.01. The number of nitrogens with zero attached hydrogens (tertiary/aromatic N) is 1. The molecule has 0 fully saturated rings. The largest absolute Gasteiger partial charge is 0.242 e. The van der Waals surface area contributed by atoms with Gasteiger partial charge in [0, 0.05) is 25.1 Å². The number of nitrogens with one attached hydrogen (secondary N) is 1. The number of hydrogen-bond acceptors (Lipinski definition) is 4. The van der Waals surface area contributed by atoms with E-state index in [0.29, 0.717) is 10.0 Å². The first kappa shape index (κ1) is 20.0. The summed E-state index contributed by atoms with van der Waals surface area (Å²) in [5.74, 6) is -0.489. The first-order valence-corrected chi connectivity index (χ1v) is 10.7. The van der Waals surface area contributed by atoms with Crippen LogP contribution in [0.25, 0.3) is 0 Å². The van der Waals surface area contributed by atoms with E-state index in [-0.39, 0.29) is 16.3 Å². The Bertz CT molecular complexity index is 992. The second-order valence-electron chi connectivity index (χ2n) is 5.32. The Morgan fingerprint density at radius 3 is 2.32 bits per heavy atom. The highest BCUT2D eigenvalue weighted by molar-refractivity contribution is 9.10. The highest BCUT2D eigenvalue weighted by Crippen LogP contribution is 2.20. The Morgan fingerprint density at radius 1 is 1.04 bits per heavy atom. The van der Waals surface area contributed by atoms with Crippen LogP contribution < -0.4 is 4.72 Å². The Kier molecular flexibility index (Phi) is 6.00. The highest BCUT2D eigenvalue weighted by atomic mass is 79.9. The molecule has 0 saturated carbocycles. The fraction of sp³-hybridized carbons (Fsp3) is 0.200. The molecular weight excluding hydrogens is 435 g/mol. The molecule has 0 unspecified atom stereocenters. The van der Waals surface area contributed by atoms with Crippen LogP contribution in [0.4, 0.5) is 4.39 Å². The van der Waals surface area contributed by atoms with E-state index >= 15 is 0 Å². The molecule has 0 aliphatic heterocycles. The standard InChI is InChI=1S/C15H16BrFN2O4S2/c1-19(2)25(22,23)14-5-3-4-13(9-14)24(20,21)18-10-11-8-12(17)6-7-15(11)16/h3-9,18H,10H2,1-2H3. The average Bonchev–Trinajstić information content (AvgIpc) is 2.55. The fourth-order valence-electron chi connectivity index (χ4n) is 1.95. The van der Waals surface area contributed by atoms with E-state index in [9.17, 15) is 21.2 Å². The van der Waals surface area contributed by atoms with E-state index in [2.05, 4.69) is 20.7 Å². The van der Waals surface area contributed by atoms with Crippen LogP contribution in [0.2, 0.25) is 0 Å². The maximum Gasteiger partial charge on any atom is 0.242 e. The summed E-state index contributed by atoms with van der Waals surface area (Å²) < 4.78 is 66.3. The van der Waals surface area contributed by atoms with Crippen LogP contribution in [0.15, 0.2) is 56.7 Å². The lowest BCUT2D eigenvalue weighted by molar-refractivity contribution is 0.520. The van der Waals surface area contributed by atoms with E-state index in [1.165, 1.54) is 50.5 Å². The van der Waals surface area contributed by atoms with Gasteiger partial charge in [0.2, 0.25) is 20.0 Å². The van der Waals surface area contributed by atoms with Gasteiger partial charge in [-0.25, -0.2) is 30.3 Å². The van der Waals surface area contributed by atoms with Gasteiger partial charge in [0.1, 0.15) is 5.82 Å². The summed E-state index contributed by atoms with van der Waals surface area (Å²) in [5.41, 5.74) is 0.417. The van der Waals surface area contributed by atoms with Crippen LogP contribution in [-0.2, 0) is 26.6 Å². The Morgan fingerprint density at radius 2 is 1.68 bits per heavy atom. The molecule has 6 nitrogen and oxygen atoms in total. The van der Waals surface area contributed by atoms with Gasteiger partial charge in [0.15, 0.2) is 0 Å². The van der Waals surface area contributed by atoms with Crippen molar-refractivity contribution in [2.24, 2.45) is 0 Å². The second-order valence-corrected chi connectivity index (χ2v) is 10.1.